The molecule has 0 aliphatic heterocycles. The van der Waals surface area contributed by atoms with Crippen LogP contribution in [-0.4, -0.2) is 0 Å². The molecule has 158 valence electrons. The lowest BCUT2D eigenvalue weighted by Crippen LogP contribution is -2.26. The third-order valence-corrected chi connectivity index (χ3v) is 7.97. The first-order valence-corrected chi connectivity index (χ1v) is 11.9. The van der Waals surface area contributed by atoms with Crippen molar-refractivity contribution in [1.82, 2.24) is 0 Å². The molecule has 0 N–H and O–H groups in total. The van der Waals surface area contributed by atoms with E-state index < -0.39 is 0 Å². The molecule has 0 amide bonds. The van der Waals surface area contributed by atoms with Crippen LogP contribution in [0.3, 0.4) is 0 Å². The molecule has 0 aromatic heterocycles. The quantitative estimate of drug-likeness (QED) is 0.496. The molecular formula is C28H34FN. The zero-order chi connectivity index (χ0) is 20.9. The molecule has 2 aromatic carbocycles. The predicted molar refractivity (Wildman–Crippen MR) is 121 cm³/mol. The summed E-state index contributed by atoms with van der Waals surface area (Å²) in [7, 11) is 0. The van der Waals surface area contributed by atoms with Crippen LogP contribution in [0.15, 0.2) is 48.5 Å². The topological polar surface area (TPSA) is 23.8 Å². The van der Waals surface area contributed by atoms with Crippen molar-refractivity contribution in [3.63, 3.8) is 0 Å². The monoisotopic (exact) mass is 403 g/mol. The van der Waals surface area contributed by atoms with Crippen LogP contribution in [-0.2, 0) is 0 Å². The van der Waals surface area contributed by atoms with Crippen molar-refractivity contribution >= 4 is 0 Å². The molecule has 0 spiro atoms. The summed E-state index contributed by atoms with van der Waals surface area (Å²) in [5.74, 6) is 3.40. The van der Waals surface area contributed by atoms with Crippen molar-refractivity contribution in [2.75, 3.05) is 0 Å². The van der Waals surface area contributed by atoms with Gasteiger partial charge in [-0.2, -0.15) is 5.26 Å². The Bertz CT molecular complexity index is 852. The van der Waals surface area contributed by atoms with Gasteiger partial charge in [-0.15, -0.1) is 0 Å². The van der Waals surface area contributed by atoms with Crippen LogP contribution < -0.4 is 0 Å². The Balaban J connectivity index is 1.24. The lowest BCUT2D eigenvalue weighted by Gasteiger charge is -2.38. The van der Waals surface area contributed by atoms with Gasteiger partial charge in [-0.05, 0) is 97.8 Å². The summed E-state index contributed by atoms with van der Waals surface area (Å²) in [6, 6.07) is 18.1. The highest BCUT2D eigenvalue weighted by molar-refractivity contribution is 5.35. The molecular weight excluding hydrogens is 369 g/mol. The van der Waals surface area contributed by atoms with Gasteiger partial charge >= 0.3 is 0 Å². The van der Waals surface area contributed by atoms with E-state index in [9.17, 15) is 4.39 Å². The minimum atomic E-state index is -0.361. The third kappa shape index (κ3) is 4.94. The lowest BCUT2D eigenvalue weighted by molar-refractivity contribution is 0.154. The smallest absolute Gasteiger partial charge is 0.141 e. The molecule has 1 atom stereocenters. The highest BCUT2D eigenvalue weighted by Crippen LogP contribution is 2.45. The summed E-state index contributed by atoms with van der Waals surface area (Å²) < 4.78 is 14.0. The van der Waals surface area contributed by atoms with Gasteiger partial charge in [-0.3, -0.25) is 0 Å². The number of nitrogens with zero attached hydrogens (tertiary/aromatic N) is 1. The van der Waals surface area contributed by atoms with Crippen LogP contribution in [0, 0.1) is 34.9 Å². The van der Waals surface area contributed by atoms with Gasteiger partial charge in [-0.25, -0.2) is 4.39 Å². The molecule has 2 aromatic rings. The molecule has 2 aliphatic carbocycles. The van der Waals surface area contributed by atoms with E-state index in [-0.39, 0.29) is 11.4 Å². The van der Waals surface area contributed by atoms with E-state index in [0.29, 0.717) is 11.8 Å². The largest absolute Gasteiger partial charge is 0.206 e. The van der Waals surface area contributed by atoms with Gasteiger partial charge in [0.05, 0.1) is 5.56 Å². The fraction of sp³-hybridized carbons (Fsp3) is 0.536. The number of nitriles is 1. The summed E-state index contributed by atoms with van der Waals surface area (Å²) in [6.07, 6.45) is 11.8. The van der Waals surface area contributed by atoms with Crippen molar-refractivity contribution in [3.05, 3.63) is 71.0 Å². The van der Waals surface area contributed by atoms with Gasteiger partial charge in [0.2, 0.25) is 0 Å². The fourth-order valence-electron chi connectivity index (χ4n) is 6.11. The first-order chi connectivity index (χ1) is 14.6. The van der Waals surface area contributed by atoms with Crippen molar-refractivity contribution in [3.8, 4) is 6.07 Å². The highest BCUT2D eigenvalue weighted by atomic mass is 19.1. The van der Waals surface area contributed by atoms with Gasteiger partial charge in [-0.1, -0.05) is 56.2 Å². The van der Waals surface area contributed by atoms with Gasteiger partial charge in [0.25, 0.3) is 0 Å². The average Bonchev–Trinajstić information content (AvgIpc) is 2.80. The first-order valence-electron chi connectivity index (χ1n) is 11.9. The maximum absolute atomic E-state index is 14.0. The summed E-state index contributed by atoms with van der Waals surface area (Å²) in [4.78, 5) is 0. The van der Waals surface area contributed by atoms with Gasteiger partial charge in [0, 0.05) is 0 Å². The Morgan fingerprint density at radius 2 is 1.53 bits per heavy atom. The molecule has 0 bridgehead atoms. The van der Waals surface area contributed by atoms with Crippen molar-refractivity contribution in [2.45, 2.75) is 76.5 Å². The lowest BCUT2D eigenvalue weighted by atomic mass is 9.67. The van der Waals surface area contributed by atoms with Gasteiger partial charge in [0.15, 0.2) is 0 Å². The van der Waals surface area contributed by atoms with Crippen LogP contribution in [0.2, 0.25) is 0 Å². The Hall–Kier alpha value is -2.14. The maximum Gasteiger partial charge on any atom is 0.141 e. The van der Waals surface area contributed by atoms with Gasteiger partial charge in [0.1, 0.15) is 11.9 Å². The molecule has 2 heteroatoms. The fourth-order valence-corrected chi connectivity index (χ4v) is 6.11. The SMILES string of the molecule is CC(CC1CCC(C2CCC(c3ccc(C#N)c(F)c3)CC2)CC1)c1ccccc1. The number of halogens is 1. The number of hydrogen-bond donors (Lipinski definition) is 0. The molecule has 1 nitrogen and oxygen atoms in total. The van der Waals surface area contributed by atoms with Crippen molar-refractivity contribution < 1.29 is 4.39 Å². The maximum atomic E-state index is 14.0. The molecule has 0 heterocycles. The third-order valence-electron chi connectivity index (χ3n) is 7.97. The van der Waals surface area contributed by atoms with Crippen LogP contribution in [0.1, 0.15) is 93.2 Å². The highest BCUT2D eigenvalue weighted by Gasteiger charge is 2.31. The molecule has 30 heavy (non-hydrogen) atoms. The second-order valence-electron chi connectivity index (χ2n) is 9.79. The molecule has 1 unspecified atom stereocenters. The molecule has 4 rings (SSSR count). The number of rotatable bonds is 5. The Kier molecular flexibility index (Phi) is 6.88. The van der Waals surface area contributed by atoms with Gasteiger partial charge < -0.3 is 0 Å². The van der Waals surface area contributed by atoms with Crippen LogP contribution in [0.25, 0.3) is 0 Å². The zero-order valence-corrected chi connectivity index (χ0v) is 18.2. The Labute approximate surface area is 181 Å². The van der Waals surface area contributed by atoms with E-state index >= 15 is 0 Å². The molecule has 2 fully saturated rings. The summed E-state index contributed by atoms with van der Waals surface area (Å²) >= 11 is 0. The molecule has 2 aliphatic rings. The second kappa shape index (κ2) is 9.78. The van der Waals surface area contributed by atoms with E-state index in [2.05, 4.69) is 37.3 Å². The van der Waals surface area contributed by atoms with E-state index in [1.54, 1.807) is 12.1 Å². The first kappa shape index (κ1) is 21.1. The normalized spacial score (nSPS) is 27.9. The molecule has 0 radical (unpaired) electrons. The summed E-state index contributed by atoms with van der Waals surface area (Å²) in [5.41, 5.74) is 2.73. The van der Waals surface area contributed by atoms with Crippen LogP contribution in [0.5, 0.6) is 0 Å². The van der Waals surface area contributed by atoms with Crippen LogP contribution in [0.4, 0.5) is 4.39 Å². The standard InChI is InChI=1S/C28H34FN/c1-20(22-5-3-2-4-6-22)17-21-7-9-23(10-8-21)24-11-13-25(14-12-24)26-15-16-27(19-30)28(29)18-26/h2-6,15-16,18,20-21,23-25H,7-14,17H2,1H3. The Morgan fingerprint density at radius 3 is 2.13 bits per heavy atom. The number of benzene rings is 2. The summed E-state index contributed by atoms with van der Waals surface area (Å²) in [6.45, 7) is 2.38. The molecule has 2 saturated carbocycles. The van der Waals surface area contributed by atoms with E-state index in [0.717, 1.165) is 23.3 Å². The number of hydrogen-bond acceptors (Lipinski definition) is 1. The molecule has 0 saturated heterocycles. The second-order valence-corrected chi connectivity index (χ2v) is 9.79. The minimum absolute atomic E-state index is 0.158. The predicted octanol–water partition coefficient (Wildman–Crippen LogP) is 7.97. The van der Waals surface area contributed by atoms with Crippen molar-refractivity contribution in [1.29, 1.82) is 5.26 Å². The zero-order valence-electron chi connectivity index (χ0n) is 18.2. The van der Waals surface area contributed by atoms with E-state index in [1.807, 2.05) is 12.1 Å². The summed E-state index contributed by atoms with van der Waals surface area (Å²) in [5, 5.41) is 8.93. The minimum Gasteiger partial charge on any atom is -0.206 e. The average molecular weight is 404 g/mol. The Morgan fingerprint density at radius 1 is 0.900 bits per heavy atom. The van der Waals surface area contributed by atoms with E-state index in [4.69, 9.17) is 5.26 Å². The van der Waals surface area contributed by atoms with Crippen molar-refractivity contribution in [2.24, 2.45) is 17.8 Å². The van der Waals surface area contributed by atoms with Crippen LogP contribution >= 0.6 is 0 Å². The van der Waals surface area contributed by atoms with E-state index in [1.165, 1.54) is 63.4 Å².